The van der Waals surface area contributed by atoms with Gasteiger partial charge >= 0.3 is 0 Å². The van der Waals surface area contributed by atoms with Crippen LogP contribution in [0, 0.1) is 12.8 Å². The minimum Gasteiger partial charge on any atom is -0.507 e. The van der Waals surface area contributed by atoms with Crippen molar-refractivity contribution in [1.82, 2.24) is 4.90 Å². The molecule has 1 saturated carbocycles. The van der Waals surface area contributed by atoms with Crippen LogP contribution in [-0.4, -0.2) is 34.9 Å². The van der Waals surface area contributed by atoms with Crippen molar-refractivity contribution in [3.63, 3.8) is 0 Å². The van der Waals surface area contributed by atoms with Crippen molar-refractivity contribution in [1.29, 1.82) is 0 Å². The monoisotopic (exact) mass is 389 g/mol. The number of piperidine rings is 1. The number of phenols is 1. The predicted molar refractivity (Wildman–Crippen MR) is 98.4 cm³/mol. The van der Waals surface area contributed by atoms with E-state index in [2.05, 4.69) is 27.4 Å². The van der Waals surface area contributed by atoms with E-state index in [9.17, 15) is 9.90 Å². The fourth-order valence-corrected chi connectivity index (χ4v) is 6.28. The molecule has 3 nitrogen and oxygen atoms in total. The van der Waals surface area contributed by atoms with Crippen molar-refractivity contribution in [2.24, 2.45) is 5.92 Å². The third kappa shape index (κ3) is 2.15. The summed E-state index contributed by atoms with van der Waals surface area (Å²) >= 11 is 3.73. The van der Waals surface area contributed by atoms with Crippen LogP contribution in [0.3, 0.4) is 0 Å². The molecule has 0 radical (unpaired) electrons. The maximum atomic E-state index is 12.4. The maximum Gasteiger partial charge on any atom is 0.133 e. The fraction of sp³-hybridized carbons (Fsp3) is 0.550. The minimum atomic E-state index is -0.177. The SMILES string of the molecule is C=CCN1CC[C@@]23CC(=O)CCC2C1Cc1c(Br)cc(C)c(O)c13. The molecule has 1 aromatic carbocycles. The van der Waals surface area contributed by atoms with Gasteiger partial charge in [0, 0.05) is 40.9 Å². The van der Waals surface area contributed by atoms with Gasteiger partial charge in [0.05, 0.1) is 0 Å². The van der Waals surface area contributed by atoms with E-state index < -0.39 is 0 Å². The van der Waals surface area contributed by atoms with Gasteiger partial charge in [-0.25, -0.2) is 0 Å². The molecule has 3 aliphatic rings. The molecule has 1 N–H and O–H groups in total. The predicted octanol–water partition coefficient (Wildman–Crippen LogP) is 3.89. The highest BCUT2D eigenvalue weighted by Crippen LogP contribution is 2.58. The second-order valence-corrected chi connectivity index (χ2v) is 8.55. The van der Waals surface area contributed by atoms with E-state index in [-0.39, 0.29) is 5.41 Å². The molecule has 24 heavy (non-hydrogen) atoms. The Morgan fingerprint density at radius 3 is 3.08 bits per heavy atom. The average Bonchev–Trinajstić information content (AvgIpc) is 2.54. The molecule has 128 valence electrons. The molecule has 1 aliphatic heterocycles. The first kappa shape index (κ1) is 16.3. The number of likely N-dealkylation sites (tertiary alicyclic amines) is 1. The minimum absolute atomic E-state index is 0.177. The molecule has 4 heteroatoms. The van der Waals surface area contributed by atoms with Gasteiger partial charge in [0.15, 0.2) is 0 Å². The fourth-order valence-electron chi connectivity index (χ4n) is 5.57. The van der Waals surface area contributed by atoms with Gasteiger partial charge in [0.1, 0.15) is 11.5 Å². The summed E-state index contributed by atoms with van der Waals surface area (Å²) < 4.78 is 1.08. The Morgan fingerprint density at radius 1 is 1.54 bits per heavy atom. The smallest absolute Gasteiger partial charge is 0.133 e. The molecule has 0 spiro atoms. The standard InChI is InChI=1S/C20H24BrNO2/c1-3-7-22-8-6-20-11-13(23)4-5-15(20)17(22)10-14-16(21)9-12(2)19(24)18(14)20/h3,9,15,17,24H,1,4-8,10-11H2,2H3/t15?,17?,20-/m1/s1. The average molecular weight is 390 g/mol. The molecule has 0 amide bonds. The van der Waals surface area contributed by atoms with E-state index in [1.165, 1.54) is 5.56 Å². The molecule has 4 rings (SSSR count). The first-order valence-corrected chi connectivity index (χ1v) is 9.65. The number of aryl methyl sites for hydroxylation is 1. The number of halogens is 1. The highest BCUT2D eigenvalue weighted by Gasteiger charge is 2.56. The van der Waals surface area contributed by atoms with Crippen LogP contribution in [0.1, 0.15) is 42.4 Å². The normalized spacial score (nSPS) is 32.2. The molecular weight excluding hydrogens is 366 g/mol. The summed E-state index contributed by atoms with van der Waals surface area (Å²) in [5.41, 5.74) is 3.01. The topological polar surface area (TPSA) is 40.5 Å². The van der Waals surface area contributed by atoms with Gasteiger partial charge in [-0.3, -0.25) is 9.69 Å². The van der Waals surface area contributed by atoms with Crippen LogP contribution in [0.2, 0.25) is 0 Å². The Bertz CT molecular complexity index is 729. The number of Topliss-reactive ketones (excluding diaryl/α,β-unsaturated/α-hetero) is 1. The molecule has 1 saturated heterocycles. The van der Waals surface area contributed by atoms with Crippen LogP contribution < -0.4 is 0 Å². The Hall–Kier alpha value is -1.13. The van der Waals surface area contributed by atoms with E-state index in [1.54, 1.807) is 0 Å². The summed E-state index contributed by atoms with van der Waals surface area (Å²) in [4.78, 5) is 14.9. The summed E-state index contributed by atoms with van der Waals surface area (Å²) in [6.07, 6.45) is 6.10. The van der Waals surface area contributed by atoms with Crippen molar-refractivity contribution in [3.8, 4) is 5.75 Å². The van der Waals surface area contributed by atoms with E-state index in [4.69, 9.17) is 0 Å². The molecule has 2 aliphatic carbocycles. The molecule has 3 atom stereocenters. The quantitative estimate of drug-likeness (QED) is 0.779. The van der Waals surface area contributed by atoms with Crippen LogP contribution >= 0.6 is 15.9 Å². The zero-order chi connectivity index (χ0) is 17.1. The van der Waals surface area contributed by atoms with Crippen LogP contribution in [-0.2, 0) is 16.6 Å². The van der Waals surface area contributed by atoms with E-state index in [0.29, 0.717) is 36.3 Å². The van der Waals surface area contributed by atoms with Crippen molar-refractivity contribution in [2.45, 2.75) is 50.5 Å². The second kappa shape index (κ2) is 5.70. The molecule has 1 aromatic rings. The van der Waals surface area contributed by atoms with Crippen molar-refractivity contribution in [3.05, 3.63) is 39.9 Å². The lowest BCUT2D eigenvalue weighted by Crippen LogP contribution is -2.62. The first-order chi connectivity index (χ1) is 11.5. The highest BCUT2D eigenvalue weighted by atomic mass is 79.9. The second-order valence-electron chi connectivity index (χ2n) is 7.70. The van der Waals surface area contributed by atoms with Gasteiger partial charge < -0.3 is 5.11 Å². The lowest BCUT2D eigenvalue weighted by molar-refractivity contribution is -0.127. The number of carbonyl (C=O) groups excluding carboxylic acids is 1. The molecule has 2 bridgehead atoms. The molecule has 2 unspecified atom stereocenters. The van der Waals surface area contributed by atoms with E-state index >= 15 is 0 Å². The Morgan fingerprint density at radius 2 is 2.33 bits per heavy atom. The van der Waals surface area contributed by atoms with Gasteiger partial charge in [-0.1, -0.05) is 22.0 Å². The van der Waals surface area contributed by atoms with Crippen LogP contribution in [0.4, 0.5) is 0 Å². The Labute approximate surface area is 151 Å². The number of nitrogens with zero attached hydrogens (tertiary/aromatic N) is 1. The number of hydrogen-bond donors (Lipinski definition) is 1. The number of aromatic hydroxyl groups is 1. The Kier molecular flexibility index (Phi) is 3.88. The van der Waals surface area contributed by atoms with Gasteiger partial charge in [-0.2, -0.15) is 0 Å². The van der Waals surface area contributed by atoms with Crippen LogP contribution in [0.5, 0.6) is 5.75 Å². The number of rotatable bonds is 2. The summed E-state index contributed by atoms with van der Waals surface area (Å²) in [6, 6.07) is 2.46. The number of ketones is 1. The van der Waals surface area contributed by atoms with Gasteiger partial charge in [0.2, 0.25) is 0 Å². The molecule has 0 aromatic heterocycles. The van der Waals surface area contributed by atoms with Crippen molar-refractivity contribution < 1.29 is 9.90 Å². The third-order valence-corrected chi connectivity index (χ3v) is 7.26. The molecule has 2 fully saturated rings. The number of benzene rings is 1. The zero-order valence-corrected chi connectivity index (χ0v) is 15.7. The molecule has 1 heterocycles. The summed E-state index contributed by atoms with van der Waals surface area (Å²) in [5, 5.41) is 10.9. The highest BCUT2D eigenvalue weighted by molar-refractivity contribution is 9.10. The van der Waals surface area contributed by atoms with Gasteiger partial charge in [-0.05, 0) is 55.8 Å². The lowest BCUT2D eigenvalue weighted by Gasteiger charge is -2.58. The summed E-state index contributed by atoms with van der Waals surface area (Å²) in [5.74, 6) is 1.23. The number of hydrogen-bond acceptors (Lipinski definition) is 3. The number of phenolic OH excluding ortho intramolecular Hbond substituents is 1. The maximum absolute atomic E-state index is 12.4. The van der Waals surface area contributed by atoms with Gasteiger partial charge in [-0.15, -0.1) is 6.58 Å². The zero-order valence-electron chi connectivity index (χ0n) is 14.1. The van der Waals surface area contributed by atoms with Crippen LogP contribution in [0.25, 0.3) is 0 Å². The Balaban J connectivity index is 1.94. The van der Waals surface area contributed by atoms with Crippen molar-refractivity contribution >= 4 is 21.7 Å². The van der Waals surface area contributed by atoms with E-state index in [1.807, 2.05) is 19.1 Å². The van der Waals surface area contributed by atoms with E-state index in [0.717, 1.165) is 48.0 Å². The first-order valence-electron chi connectivity index (χ1n) is 8.86. The number of fused-ring (bicyclic) bond motifs is 1. The number of carbonyl (C=O) groups is 1. The van der Waals surface area contributed by atoms with Gasteiger partial charge in [0.25, 0.3) is 0 Å². The van der Waals surface area contributed by atoms with Crippen molar-refractivity contribution in [2.75, 3.05) is 13.1 Å². The van der Waals surface area contributed by atoms with Crippen LogP contribution in [0.15, 0.2) is 23.2 Å². The lowest BCUT2D eigenvalue weighted by atomic mass is 9.51. The largest absolute Gasteiger partial charge is 0.507 e. The molecular formula is C20H24BrNO2. The summed E-state index contributed by atoms with van der Waals surface area (Å²) in [6.45, 7) is 7.75. The summed E-state index contributed by atoms with van der Waals surface area (Å²) in [7, 11) is 0. The third-order valence-electron chi connectivity index (χ3n) is 6.55.